The Hall–Kier alpha value is -4.25. The van der Waals surface area contributed by atoms with Gasteiger partial charge in [0.15, 0.2) is 0 Å². The molecule has 30 heavy (non-hydrogen) atoms. The van der Waals surface area contributed by atoms with Gasteiger partial charge < -0.3 is 0 Å². The number of aromatic nitrogens is 2. The van der Waals surface area contributed by atoms with E-state index in [1.54, 1.807) is 12.3 Å². The van der Waals surface area contributed by atoms with E-state index in [1.165, 1.54) is 0 Å². The van der Waals surface area contributed by atoms with E-state index in [4.69, 9.17) is 0 Å². The summed E-state index contributed by atoms with van der Waals surface area (Å²) in [6.07, 6.45) is 1.65. The van der Waals surface area contributed by atoms with Gasteiger partial charge in [-0.2, -0.15) is 10.2 Å². The van der Waals surface area contributed by atoms with Crippen molar-refractivity contribution in [1.82, 2.24) is 15.6 Å². The fourth-order valence-electron chi connectivity index (χ4n) is 3.61. The summed E-state index contributed by atoms with van der Waals surface area (Å²) >= 11 is 0. The summed E-state index contributed by atoms with van der Waals surface area (Å²) in [5, 5.41) is 15.7. The Bertz CT molecular complexity index is 1390. The van der Waals surface area contributed by atoms with Gasteiger partial charge >= 0.3 is 0 Å². The third-order valence-corrected chi connectivity index (χ3v) is 5.08. The lowest BCUT2D eigenvalue weighted by molar-refractivity contribution is 0.0950. The second-order valence-corrected chi connectivity index (χ2v) is 6.96. The maximum Gasteiger partial charge on any atom is 0.289 e. The zero-order valence-electron chi connectivity index (χ0n) is 16.0. The van der Waals surface area contributed by atoms with Crippen LogP contribution < -0.4 is 5.43 Å². The molecule has 1 amide bonds. The van der Waals surface area contributed by atoms with Crippen molar-refractivity contribution in [3.8, 4) is 11.3 Å². The average Bonchev–Trinajstić information content (AvgIpc) is 3.29. The summed E-state index contributed by atoms with van der Waals surface area (Å²) in [7, 11) is 0. The number of H-pyrrole nitrogens is 1. The summed E-state index contributed by atoms with van der Waals surface area (Å²) < 4.78 is 0. The number of hydrogen-bond acceptors (Lipinski definition) is 3. The Balaban J connectivity index is 1.36. The Labute approximate surface area is 173 Å². The van der Waals surface area contributed by atoms with Crippen LogP contribution in [0.25, 0.3) is 32.8 Å². The lowest BCUT2D eigenvalue weighted by atomic mass is 10.0. The highest BCUT2D eigenvalue weighted by Gasteiger charge is 2.12. The maximum absolute atomic E-state index is 12.5. The molecule has 2 N–H and O–H groups in total. The van der Waals surface area contributed by atoms with Crippen LogP contribution in [-0.2, 0) is 0 Å². The second kappa shape index (κ2) is 7.64. The molecule has 0 aliphatic rings. The first-order valence-corrected chi connectivity index (χ1v) is 9.64. The molecule has 1 aromatic heterocycles. The Morgan fingerprint density at radius 2 is 1.50 bits per heavy atom. The number of benzene rings is 4. The van der Waals surface area contributed by atoms with E-state index in [1.807, 2.05) is 72.8 Å². The monoisotopic (exact) mass is 390 g/mol. The highest BCUT2D eigenvalue weighted by molar-refractivity contribution is 6.01. The number of aromatic amines is 1. The molecule has 5 aromatic rings. The number of carbonyl (C=O) groups is 1. The standard InChI is InChI=1S/C25H18N4O/c30-25(29-26-16-19-11-5-9-17-7-1-3-12-20(17)19)24-15-23(27-28-24)22-14-6-10-18-8-2-4-13-21(18)22/h1-16H,(H,27,28)(H,29,30)/b26-16+. The number of nitrogens with zero attached hydrogens (tertiary/aromatic N) is 2. The van der Waals surface area contributed by atoms with E-state index < -0.39 is 0 Å². The van der Waals surface area contributed by atoms with Crippen molar-refractivity contribution in [2.75, 3.05) is 0 Å². The molecule has 0 fully saturated rings. The smallest absolute Gasteiger partial charge is 0.272 e. The summed E-state index contributed by atoms with van der Waals surface area (Å²) in [5.41, 5.74) is 5.56. The van der Waals surface area contributed by atoms with Crippen LogP contribution in [0.3, 0.4) is 0 Å². The molecule has 0 radical (unpaired) electrons. The fourth-order valence-corrected chi connectivity index (χ4v) is 3.61. The zero-order chi connectivity index (χ0) is 20.3. The van der Waals surface area contributed by atoms with Crippen LogP contribution in [0.15, 0.2) is 96.1 Å². The number of fused-ring (bicyclic) bond motifs is 2. The van der Waals surface area contributed by atoms with E-state index in [-0.39, 0.29) is 5.91 Å². The molecule has 0 spiro atoms. The summed E-state index contributed by atoms with van der Waals surface area (Å²) in [5.74, 6) is -0.342. The van der Waals surface area contributed by atoms with Gasteiger partial charge in [0.05, 0.1) is 11.9 Å². The lowest BCUT2D eigenvalue weighted by Crippen LogP contribution is -2.18. The number of rotatable bonds is 4. The highest BCUT2D eigenvalue weighted by Crippen LogP contribution is 2.27. The zero-order valence-corrected chi connectivity index (χ0v) is 16.0. The highest BCUT2D eigenvalue weighted by atomic mass is 16.2. The van der Waals surface area contributed by atoms with Gasteiger partial charge in [0.1, 0.15) is 5.69 Å². The third kappa shape index (κ3) is 3.33. The molecular formula is C25H18N4O. The van der Waals surface area contributed by atoms with Crippen LogP contribution in [0.4, 0.5) is 0 Å². The van der Waals surface area contributed by atoms with Gasteiger partial charge in [-0.15, -0.1) is 0 Å². The first kappa shape index (κ1) is 17.8. The number of hydrazone groups is 1. The first-order chi connectivity index (χ1) is 14.8. The van der Waals surface area contributed by atoms with Crippen molar-refractivity contribution in [2.45, 2.75) is 0 Å². The van der Waals surface area contributed by atoms with Crippen LogP contribution in [0.5, 0.6) is 0 Å². The largest absolute Gasteiger partial charge is 0.289 e. The van der Waals surface area contributed by atoms with E-state index >= 15 is 0 Å². The van der Waals surface area contributed by atoms with Gasteiger partial charge in [-0.25, -0.2) is 5.43 Å². The van der Waals surface area contributed by atoms with E-state index in [0.717, 1.165) is 38.4 Å². The number of amides is 1. The number of nitrogens with one attached hydrogen (secondary N) is 2. The maximum atomic E-state index is 12.5. The number of hydrogen-bond donors (Lipinski definition) is 2. The molecule has 0 unspecified atom stereocenters. The number of carbonyl (C=O) groups excluding carboxylic acids is 1. The first-order valence-electron chi connectivity index (χ1n) is 9.64. The van der Waals surface area contributed by atoms with Crippen molar-refractivity contribution in [3.05, 3.63) is 102 Å². The predicted molar refractivity (Wildman–Crippen MR) is 121 cm³/mol. The van der Waals surface area contributed by atoms with E-state index in [9.17, 15) is 4.79 Å². The molecule has 0 saturated heterocycles. The second-order valence-electron chi connectivity index (χ2n) is 6.96. The quantitative estimate of drug-likeness (QED) is 0.329. The molecule has 5 rings (SSSR count). The van der Waals surface area contributed by atoms with Gasteiger partial charge in [-0.1, -0.05) is 84.9 Å². The van der Waals surface area contributed by atoms with Crippen LogP contribution in [-0.4, -0.2) is 22.3 Å². The predicted octanol–water partition coefficient (Wildman–Crippen LogP) is 5.15. The van der Waals surface area contributed by atoms with Crippen LogP contribution in [0.2, 0.25) is 0 Å². The van der Waals surface area contributed by atoms with Gasteiger partial charge in [0.2, 0.25) is 0 Å². The third-order valence-electron chi connectivity index (χ3n) is 5.08. The SMILES string of the molecule is O=C(N/N=C/c1cccc2ccccc12)c1cc(-c2cccc3ccccc23)n[nH]1. The molecule has 5 heteroatoms. The summed E-state index contributed by atoms with van der Waals surface area (Å²) in [6, 6.07) is 29.9. The summed E-state index contributed by atoms with van der Waals surface area (Å²) in [6.45, 7) is 0. The molecular weight excluding hydrogens is 372 g/mol. The fraction of sp³-hybridized carbons (Fsp3) is 0. The van der Waals surface area contributed by atoms with E-state index in [2.05, 4.69) is 32.9 Å². The summed E-state index contributed by atoms with van der Waals surface area (Å²) in [4.78, 5) is 12.5. The van der Waals surface area contributed by atoms with E-state index in [0.29, 0.717) is 5.69 Å². The molecule has 144 valence electrons. The van der Waals surface area contributed by atoms with Crippen molar-refractivity contribution in [3.63, 3.8) is 0 Å². The molecule has 5 nitrogen and oxygen atoms in total. The van der Waals surface area contributed by atoms with Crippen molar-refractivity contribution >= 4 is 33.7 Å². The molecule has 4 aromatic carbocycles. The van der Waals surface area contributed by atoms with Crippen LogP contribution in [0.1, 0.15) is 16.1 Å². The van der Waals surface area contributed by atoms with Crippen molar-refractivity contribution in [1.29, 1.82) is 0 Å². The molecule has 0 aliphatic carbocycles. The van der Waals surface area contributed by atoms with Crippen molar-refractivity contribution in [2.24, 2.45) is 5.10 Å². The minimum Gasteiger partial charge on any atom is -0.272 e. The van der Waals surface area contributed by atoms with Gasteiger partial charge in [0.25, 0.3) is 5.91 Å². The lowest BCUT2D eigenvalue weighted by Gasteiger charge is -2.03. The molecule has 0 saturated carbocycles. The molecule has 0 atom stereocenters. The Morgan fingerprint density at radius 1 is 0.833 bits per heavy atom. The van der Waals surface area contributed by atoms with Crippen LogP contribution in [0, 0.1) is 0 Å². The van der Waals surface area contributed by atoms with Crippen molar-refractivity contribution < 1.29 is 4.79 Å². The van der Waals surface area contributed by atoms with Gasteiger partial charge in [0, 0.05) is 11.1 Å². The normalized spacial score (nSPS) is 11.3. The molecule has 0 aliphatic heterocycles. The van der Waals surface area contributed by atoms with Crippen LogP contribution >= 0.6 is 0 Å². The molecule has 0 bridgehead atoms. The van der Waals surface area contributed by atoms with Gasteiger partial charge in [-0.05, 0) is 27.6 Å². The Morgan fingerprint density at radius 3 is 2.33 bits per heavy atom. The minimum absolute atomic E-state index is 0.342. The van der Waals surface area contributed by atoms with Gasteiger partial charge in [-0.3, -0.25) is 9.89 Å². The average molecular weight is 390 g/mol. The topological polar surface area (TPSA) is 70.1 Å². The molecule has 1 heterocycles. The minimum atomic E-state index is -0.342. The Kier molecular flexibility index (Phi) is 4.54.